The van der Waals surface area contributed by atoms with E-state index in [4.69, 9.17) is 16.7 Å². The van der Waals surface area contributed by atoms with Crippen molar-refractivity contribution < 1.29 is 18.7 Å². The summed E-state index contributed by atoms with van der Waals surface area (Å²) < 4.78 is 27.7. The molecule has 0 spiro atoms. The molecule has 2 aromatic rings. The van der Waals surface area contributed by atoms with Gasteiger partial charge in [0.15, 0.2) is 5.82 Å². The first-order valence-corrected chi connectivity index (χ1v) is 5.56. The van der Waals surface area contributed by atoms with Crippen LogP contribution in [0.3, 0.4) is 0 Å². The van der Waals surface area contributed by atoms with Crippen LogP contribution in [0.25, 0.3) is 5.69 Å². The number of carbonyl (C=O) groups is 1. The largest absolute Gasteiger partial charge is 0.481 e. The molecule has 0 unspecified atom stereocenters. The maximum atomic E-state index is 13.7. The van der Waals surface area contributed by atoms with Crippen molar-refractivity contribution in [3.05, 3.63) is 40.2 Å². The molecule has 5 nitrogen and oxygen atoms in total. The first-order chi connectivity index (χ1) is 8.90. The summed E-state index contributed by atoms with van der Waals surface area (Å²) in [6.07, 6.45) is -0.341. The lowest BCUT2D eigenvalue weighted by Crippen LogP contribution is -2.06. The monoisotopic (exact) mass is 287 g/mol. The minimum absolute atomic E-state index is 0.162. The molecule has 0 atom stereocenters. The summed E-state index contributed by atoms with van der Waals surface area (Å²) in [4.78, 5) is 10.6. The molecule has 1 heterocycles. The molecule has 1 N–H and O–H groups in total. The number of carboxylic acid groups (broad SMARTS) is 1. The molecule has 2 rings (SSSR count). The topological polar surface area (TPSA) is 68.0 Å². The third kappa shape index (κ3) is 2.55. The van der Waals surface area contributed by atoms with E-state index in [-0.39, 0.29) is 22.8 Å². The van der Waals surface area contributed by atoms with Crippen LogP contribution in [0, 0.1) is 18.6 Å². The highest BCUT2D eigenvalue weighted by Gasteiger charge is 2.18. The summed E-state index contributed by atoms with van der Waals surface area (Å²) in [6, 6.07) is 1.61. The van der Waals surface area contributed by atoms with Gasteiger partial charge in [-0.25, -0.2) is 13.5 Å². The molecule has 0 saturated carbocycles. The quantitative estimate of drug-likeness (QED) is 0.939. The van der Waals surface area contributed by atoms with Crippen LogP contribution in [0.2, 0.25) is 5.02 Å². The Morgan fingerprint density at radius 1 is 1.47 bits per heavy atom. The molecule has 8 heteroatoms. The molecule has 1 aromatic carbocycles. The average Bonchev–Trinajstić information content (AvgIpc) is 2.60. The SMILES string of the molecule is Cc1c(CC(=O)O)nnn1-c1c(F)cc(F)cc1Cl. The molecule has 0 radical (unpaired) electrons. The van der Waals surface area contributed by atoms with Gasteiger partial charge in [-0.3, -0.25) is 4.79 Å². The van der Waals surface area contributed by atoms with Gasteiger partial charge in [-0.15, -0.1) is 5.10 Å². The van der Waals surface area contributed by atoms with Crippen molar-refractivity contribution >= 4 is 17.6 Å². The molecule has 100 valence electrons. The summed E-state index contributed by atoms with van der Waals surface area (Å²) in [5.41, 5.74) is 0.354. The Bertz CT molecular complexity index is 634. The minimum Gasteiger partial charge on any atom is -0.481 e. The van der Waals surface area contributed by atoms with Crippen LogP contribution in [0.15, 0.2) is 12.1 Å². The third-order valence-corrected chi connectivity index (χ3v) is 2.79. The van der Waals surface area contributed by atoms with Gasteiger partial charge < -0.3 is 5.11 Å². The Morgan fingerprint density at radius 2 is 2.16 bits per heavy atom. The molecule has 0 fully saturated rings. The predicted octanol–water partition coefficient (Wildman–Crippen LogP) is 2.13. The van der Waals surface area contributed by atoms with Gasteiger partial charge in [0, 0.05) is 6.07 Å². The molecular weight excluding hydrogens is 280 g/mol. The first kappa shape index (κ1) is 13.4. The second kappa shape index (κ2) is 4.93. The van der Waals surface area contributed by atoms with Crippen LogP contribution < -0.4 is 0 Å². The van der Waals surface area contributed by atoms with Crippen molar-refractivity contribution in [2.75, 3.05) is 0 Å². The number of hydrogen-bond donors (Lipinski definition) is 1. The summed E-state index contributed by atoms with van der Waals surface area (Å²) in [7, 11) is 0. The fourth-order valence-corrected chi connectivity index (χ4v) is 1.89. The van der Waals surface area contributed by atoms with Crippen LogP contribution in [-0.4, -0.2) is 26.1 Å². The van der Waals surface area contributed by atoms with Gasteiger partial charge in [-0.1, -0.05) is 16.8 Å². The number of rotatable bonds is 3. The van der Waals surface area contributed by atoms with Crippen LogP contribution in [-0.2, 0) is 11.2 Å². The lowest BCUT2D eigenvalue weighted by molar-refractivity contribution is -0.136. The van der Waals surface area contributed by atoms with Crippen LogP contribution in [0.1, 0.15) is 11.4 Å². The smallest absolute Gasteiger partial charge is 0.309 e. The summed E-state index contributed by atoms with van der Waals surface area (Å²) in [5.74, 6) is -2.80. The average molecular weight is 288 g/mol. The fourth-order valence-electron chi connectivity index (χ4n) is 1.62. The molecule has 0 aliphatic heterocycles. The summed E-state index contributed by atoms with van der Waals surface area (Å²) >= 11 is 5.77. The molecule has 0 bridgehead atoms. The highest BCUT2D eigenvalue weighted by atomic mass is 35.5. The second-order valence-electron chi connectivity index (χ2n) is 3.82. The molecule has 0 aliphatic rings. The molecular formula is C11H8ClF2N3O2. The first-order valence-electron chi connectivity index (χ1n) is 5.18. The maximum absolute atomic E-state index is 13.7. The summed E-state index contributed by atoms with van der Waals surface area (Å²) in [6.45, 7) is 1.53. The Morgan fingerprint density at radius 3 is 2.74 bits per heavy atom. The highest BCUT2D eigenvalue weighted by molar-refractivity contribution is 6.32. The zero-order valence-electron chi connectivity index (χ0n) is 9.69. The maximum Gasteiger partial charge on any atom is 0.309 e. The number of aliphatic carboxylic acids is 1. The van der Waals surface area contributed by atoms with Gasteiger partial charge in [-0.2, -0.15) is 0 Å². The molecule has 0 saturated heterocycles. The zero-order chi connectivity index (χ0) is 14.2. The van der Waals surface area contributed by atoms with E-state index in [0.717, 1.165) is 10.7 Å². The molecule has 0 aliphatic carbocycles. The molecule has 19 heavy (non-hydrogen) atoms. The van der Waals surface area contributed by atoms with Crippen LogP contribution in [0.5, 0.6) is 0 Å². The Hall–Kier alpha value is -2.02. The lowest BCUT2D eigenvalue weighted by atomic mass is 10.2. The van der Waals surface area contributed by atoms with Crippen molar-refractivity contribution in [2.45, 2.75) is 13.3 Å². The number of hydrogen-bond acceptors (Lipinski definition) is 3. The standard InChI is InChI=1S/C11H8ClF2N3O2/c1-5-9(4-10(18)19)15-16-17(5)11-7(12)2-6(13)3-8(11)14/h2-3H,4H2,1H3,(H,18,19). The van der Waals surface area contributed by atoms with Crippen molar-refractivity contribution in [1.29, 1.82) is 0 Å². The normalized spacial score (nSPS) is 10.7. The number of nitrogens with zero attached hydrogens (tertiary/aromatic N) is 3. The van der Waals surface area contributed by atoms with Gasteiger partial charge in [0.05, 0.1) is 22.8 Å². The third-order valence-electron chi connectivity index (χ3n) is 2.50. The number of halogens is 3. The van der Waals surface area contributed by atoms with E-state index < -0.39 is 17.6 Å². The van der Waals surface area contributed by atoms with E-state index in [9.17, 15) is 13.6 Å². The lowest BCUT2D eigenvalue weighted by Gasteiger charge is -2.07. The Labute approximate surface area is 111 Å². The van der Waals surface area contributed by atoms with Gasteiger partial charge >= 0.3 is 5.97 Å². The Balaban J connectivity index is 2.54. The number of benzene rings is 1. The van der Waals surface area contributed by atoms with Crippen LogP contribution >= 0.6 is 11.6 Å². The van der Waals surface area contributed by atoms with E-state index in [0.29, 0.717) is 11.8 Å². The number of aromatic nitrogens is 3. The highest BCUT2D eigenvalue weighted by Crippen LogP contribution is 2.26. The van der Waals surface area contributed by atoms with Crippen molar-refractivity contribution in [2.24, 2.45) is 0 Å². The zero-order valence-corrected chi connectivity index (χ0v) is 10.4. The second-order valence-corrected chi connectivity index (χ2v) is 4.23. The van der Waals surface area contributed by atoms with E-state index in [2.05, 4.69) is 10.3 Å². The van der Waals surface area contributed by atoms with E-state index >= 15 is 0 Å². The van der Waals surface area contributed by atoms with Gasteiger partial charge in [-0.05, 0) is 13.0 Å². The predicted molar refractivity (Wildman–Crippen MR) is 62.4 cm³/mol. The van der Waals surface area contributed by atoms with Gasteiger partial charge in [0.25, 0.3) is 0 Å². The Kier molecular flexibility index (Phi) is 3.48. The van der Waals surface area contributed by atoms with E-state index in [1.807, 2.05) is 0 Å². The fraction of sp³-hybridized carbons (Fsp3) is 0.182. The number of carboxylic acids is 1. The molecule has 1 aromatic heterocycles. The van der Waals surface area contributed by atoms with E-state index in [1.165, 1.54) is 6.92 Å². The minimum atomic E-state index is -1.08. The van der Waals surface area contributed by atoms with Gasteiger partial charge in [0.2, 0.25) is 0 Å². The van der Waals surface area contributed by atoms with Gasteiger partial charge in [0.1, 0.15) is 11.5 Å². The van der Waals surface area contributed by atoms with Crippen molar-refractivity contribution in [1.82, 2.24) is 15.0 Å². The van der Waals surface area contributed by atoms with Crippen molar-refractivity contribution in [3.63, 3.8) is 0 Å². The van der Waals surface area contributed by atoms with E-state index in [1.54, 1.807) is 0 Å². The summed E-state index contributed by atoms with van der Waals surface area (Å²) in [5, 5.41) is 15.8. The molecule has 0 amide bonds. The van der Waals surface area contributed by atoms with Crippen LogP contribution in [0.4, 0.5) is 8.78 Å². The van der Waals surface area contributed by atoms with Crippen molar-refractivity contribution in [3.8, 4) is 5.69 Å².